The van der Waals surface area contributed by atoms with E-state index >= 15 is 0 Å². The number of rotatable bonds is 9. The highest BCUT2D eigenvalue weighted by atomic mass is 32.2. The van der Waals surface area contributed by atoms with Gasteiger partial charge in [-0.1, -0.05) is 6.92 Å². The number of carbonyl (C=O) groups excluding carboxylic acids is 1. The highest BCUT2D eigenvalue weighted by molar-refractivity contribution is 8.00. The first kappa shape index (κ1) is 17.3. The highest BCUT2D eigenvalue weighted by Gasteiger charge is 2.15. The molecule has 0 saturated heterocycles. The van der Waals surface area contributed by atoms with E-state index in [1.54, 1.807) is 6.92 Å². The molecule has 104 valence electrons. The summed E-state index contributed by atoms with van der Waals surface area (Å²) >= 11 is 1.27. The minimum Gasteiger partial charge on any atom is -0.481 e. The third-order valence-corrected chi connectivity index (χ3v) is 3.44. The molecule has 1 amide bonds. The summed E-state index contributed by atoms with van der Waals surface area (Å²) in [4.78, 5) is 23.9. The fourth-order valence-electron chi connectivity index (χ4n) is 1.34. The van der Waals surface area contributed by atoms with E-state index in [9.17, 15) is 9.59 Å². The summed E-state index contributed by atoms with van der Waals surface area (Å²) in [5, 5.41) is 25.5. The number of hydrogen-bond donors (Lipinski definition) is 1. The van der Waals surface area contributed by atoms with Crippen LogP contribution in [0.5, 0.6) is 0 Å². The SMILES string of the molecule is CC(CC(=O)O)SCC(=O)N(CCC#N)CCC#N. The third-order valence-electron chi connectivity index (χ3n) is 2.29. The van der Waals surface area contributed by atoms with Crippen LogP contribution in [-0.2, 0) is 9.59 Å². The minimum absolute atomic E-state index is 0.00827. The van der Waals surface area contributed by atoms with E-state index in [0.717, 1.165) is 0 Å². The molecular weight excluding hydrogens is 266 g/mol. The average Bonchev–Trinajstić information content (AvgIpc) is 2.35. The van der Waals surface area contributed by atoms with Gasteiger partial charge in [0.15, 0.2) is 0 Å². The van der Waals surface area contributed by atoms with Crippen LogP contribution in [-0.4, -0.2) is 46.0 Å². The van der Waals surface area contributed by atoms with Gasteiger partial charge in [-0.05, 0) is 0 Å². The van der Waals surface area contributed by atoms with Crippen molar-refractivity contribution in [3.05, 3.63) is 0 Å². The molecule has 0 heterocycles. The molecule has 1 N–H and O–H groups in total. The van der Waals surface area contributed by atoms with Gasteiger partial charge in [0.05, 0.1) is 37.2 Å². The maximum atomic E-state index is 11.9. The van der Waals surface area contributed by atoms with Crippen molar-refractivity contribution in [3.63, 3.8) is 0 Å². The molecule has 0 aromatic heterocycles. The molecule has 0 rings (SSSR count). The predicted molar refractivity (Wildman–Crippen MR) is 71.2 cm³/mol. The monoisotopic (exact) mass is 283 g/mol. The lowest BCUT2D eigenvalue weighted by atomic mass is 10.3. The molecule has 0 aromatic rings. The van der Waals surface area contributed by atoms with Crippen molar-refractivity contribution in [2.24, 2.45) is 0 Å². The summed E-state index contributed by atoms with van der Waals surface area (Å²) in [5.74, 6) is -0.878. The first-order valence-electron chi connectivity index (χ1n) is 5.86. The molecule has 0 aromatic carbocycles. The number of carbonyl (C=O) groups is 2. The van der Waals surface area contributed by atoms with Gasteiger partial charge in [-0.3, -0.25) is 9.59 Å². The van der Waals surface area contributed by atoms with E-state index in [1.165, 1.54) is 16.7 Å². The van der Waals surface area contributed by atoms with Crippen LogP contribution in [0, 0.1) is 22.7 Å². The number of nitriles is 2. The topological polar surface area (TPSA) is 105 Å². The van der Waals surface area contributed by atoms with Crippen molar-refractivity contribution in [1.29, 1.82) is 10.5 Å². The van der Waals surface area contributed by atoms with Crippen LogP contribution in [0.15, 0.2) is 0 Å². The van der Waals surface area contributed by atoms with Crippen molar-refractivity contribution in [2.75, 3.05) is 18.8 Å². The fraction of sp³-hybridized carbons (Fsp3) is 0.667. The smallest absolute Gasteiger partial charge is 0.304 e. The summed E-state index contributed by atoms with van der Waals surface area (Å²) in [5.41, 5.74) is 0. The van der Waals surface area contributed by atoms with Crippen LogP contribution in [0.3, 0.4) is 0 Å². The Balaban J connectivity index is 4.19. The molecule has 0 bridgehead atoms. The van der Waals surface area contributed by atoms with Gasteiger partial charge in [-0.2, -0.15) is 10.5 Å². The zero-order valence-corrected chi connectivity index (χ0v) is 11.7. The maximum Gasteiger partial charge on any atom is 0.304 e. The van der Waals surface area contributed by atoms with Crippen LogP contribution in [0.2, 0.25) is 0 Å². The zero-order chi connectivity index (χ0) is 14.7. The fourth-order valence-corrected chi connectivity index (χ4v) is 2.21. The first-order chi connectivity index (χ1) is 9.01. The Kier molecular flexibility index (Phi) is 9.29. The molecule has 0 fully saturated rings. The molecule has 0 aliphatic heterocycles. The van der Waals surface area contributed by atoms with Crippen LogP contribution in [0.25, 0.3) is 0 Å². The Bertz CT molecular complexity index is 369. The molecule has 7 heteroatoms. The second-order valence-corrected chi connectivity index (χ2v) is 5.34. The quantitative estimate of drug-likeness (QED) is 0.682. The van der Waals surface area contributed by atoms with Gasteiger partial charge in [-0.15, -0.1) is 11.8 Å². The van der Waals surface area contributed by atoms with E-state index in [-0.39, 0.29) is 36.2 Å². The first-order valence-corrected chi connectivity index (χ1v) is 6.91. The summed E-state index contributed by atoms with van der Waals surface area (Å²) in [6, 6.07) is 3.92. The average molecular weight is 283 g/mol. The molecule has 0 spiro atoms. The van der Waals surface area contributed by atoms with Gasteiger partial charge in [0.1, 0.15) is 0 Å². The summed E-state index contributed by atoms with van der Waals surface area (Å²) in [6.07, 6.45) is 0.466. The van der Waals surface area contributed by atoms with Crippen molar-refractivity contribution in [2.45, 2.75) is 31.4 Å². The van der Waals surface area contributed by atoms with Crippen LogP contribution >= 0.6 is 11.8 Å². The molecule has 1 atom stereocenters. The van der Waals surface area contributed by atoms with E-state index in [2.05, 4.69) is 0 Å². The lowest BCUT2D eigenvalue weighted by Gasteiger charge is -2.20. The Hall–Kier alpha value is -1.73. The zero-order valence-electron chi connectivity index (χ0n) is 10.8. The van der Waals surface area contributed by atoms with Crippen LogP contribution in [0.4, 0.5) is 0 Å². The number of hydrogen-bond acceptors (Lipinski definition) is 5. The van der Waals surface area contributed by atoms with Gasteiger partial charge >= 0.3 is 5.97 Å². The summed E-state index contributed by atoms with van der Waals surface area (Å²) < 4.78 is 0. The lowest BCUT2D eigenvalue weighted by Crippen LogP contribution is -2.34. The third kappa shape index (κ3) is 8.92. The molecule has 0 aliphatic rings. The van der Waals surface area contributed by atoms with Crippen LogP contribution < -0.4 is 0 Å². The van der Waals surface area contributed by atoms with Gasteiger partial charge in [0.25, 0.3) is 0 Å². The normalized spacial score (nSPS) is 11.1. The Morgan fingerprint density at radius 2 is 1.79 bits per heavy atom. The van der Waals surface area contributed by atoms with Crippen molar-refractivity contribution >= 4 is 23.6 Å². The second kappa shape index (κ2) is 10.2. The number of thioether (sulfide) groups is 1. The number of carboxylic acid groups (broad SMARTS) is 1. The highest BCUT2D eigenvalue weighted by Crippen LogP contribution is 2.15. The summed E-state index contributed by atoms with van der Waals surface area (Å²) in [7, 11) is 0. The van der Waals surface area contributed by atoms with Gasteiger partial charge < -0.3 is 10.0 Å². The van der Waals surface area contributed by atoms with E-state index in [1.807, 2.05) is 12.1 Å². The number of aliphatic carboxylic acids is 1. The van der Waals surface area contributed by atoms with Crippen molar-refractivity contribution in [1.82, 2.24) is 4.90 Å². The molecule has 6 nitrogen and oxygen atoms in total. The second-order valence-electron chi connectivity index (χ2n) is 3.92. The number of amides is 1. The molecule has 19 heavy (non-hydrogen) atoms. The minimum atomic E-state index is -0.890. The molecule has 1 unspecified atom stereocenters. The number of nitrogens with zero attached hydrogens (tertiary/aromatic N) is 3. The van der Waals surface area contributed by atoms with Gasteiger partial charge in [-0.25, -0.2) is 0 Å². The predicted octanol–water partition coefficient (Wildman–Crippen LogP) is 1.24. The maximum absolute atomic E-state index is 11.9. The Morgan fingerprint density at radius 3 is 2.21 bits per heavy atom. The Labute approximate surface area is 117 Å². The van der Waals surface area contributed by atoms with Gasteiger partial charge in [0, 0.05) is 18.3 Å². The van der Waals surface area contributed by atoms with E-state index in [4.69, 9.17) is 15.6 Å². The largest absolute Gasteiger partial charge is 0.481 e. The molecule has 0 radical (unpaired) electrons. The van der Waals surface area contributed by atoms with E-state index < -0.39 is 5.97 Å². The Morgan fingerprint density at radius 1 is 1.26 bits per heavy atom. The van der Waals surface area contributed by atoms with Gasteiger partial charge in [0.2, 0.25) is 5.91 Å². The number of carboxylic acids is 1. The molecule has 0 aliphatic carbocycles. The summed E-state index contributed by atoms with van der Waals surface area (Å²) in [6.45, 7) is 2.37. The molecule has 0 saturated carbocycles. The van der Waals surface area contributed by atoms with Crippen LogP contribution in [0.1, 0.15) is 26.2 Å². The van der Waals surface area contributed by atoms with E-state index in [0.29, 0.717) is 13.1 Å². The molecular formula is C12H17N3O3S. The van der Waals surface area contributed by atoms with Crippen molar-refractivity contribution in [3.8, 4) is 12.1 Å². The standard InChI is InChI=1S/C12H17N3O3S/c1-10(8-12(17)18)19-9-11(16)15(6-2-4-13)7-3-5-14/h10H,2-3,6-9H2,1H3,(H,17,18). The lowest BCUT2D eigenvalue weighted by molar-refractivity contribution is -0.137. The van der Waals surface area contributed by atoms with Crippen molar-refractivity contribution < 1.29 is 14.7 Å².